The van der Waals surface area contributed by atoms with Gasteiger partial charge in [-0.05, 0) is 61.4 Å². The van der Waals surface area contributed by atoms with Crippen molar-refractivity contribution in [2.45, 2.75) is 31.7 Å². The molecule has 1 fully saturated rings. The van der Waals surface area contributed by atoms with Crippen LogP contribution in [0.3, 0.4) is 0 Å². The van der Waals surface area contributed by atoms with Crippen LogP contribution in [0, 0.1) is 11.1 Å². The number of hydrogen-bond donors (Lipinski definition) is 1. The first kappa shape index (κ1) is 10.1. The van der Waals surface area contributed by atoms with E-state index in [0.29, 0.717) is 18.2 Å². The van der Waals surface area contributed by atoms with E-state index in [4.69, 9.17) is 0 Å². The van der Waals surface area contributed by atoms with Crippen molar-refractivity contribution < 1.29 is 5.11 Å². The molecule has 0 saturated carbocycles. The van der Waals surface area contributed by atoms with Crippen molar-refractivity contribution in [1.82, 2.24) is 5.06 Å². The van der Waals surface area contributed by atoms with E-state index >= 15 is 0 Å². The van der Waals surface area contributed by atoms with Crippen LogP contribution < -0.4 is 0 Å². The zero-order chi connectivity index (χ0) is 11.1. The van der Waals surface area contributed by atoms with Crippen LogP contribution in [0.25, 0.3) is 0 Å². The van der Waals surface area contributed by atoms with Gasteiger partial charge in [0, 0.05) is 6.04 Å². The van der Waals surface area contributed by atoms with Gasteiger partial charge in [0.25, 0.3) is 0 Å². The molecule has 1 saturated heterocycles. The van der Waals surface area contributed by atoms with Gasteiger partial charge < -0.3 is 15.4 Å². The molecular formula is C13H16NO2-. The second-order valence-corrected chi connectivity index (χ2v) is 5.06. The Morgan fingerprint density at radius 3 is 2.88 bits per heavy atom. The Bertz CT molecular complexity index is 405. The molecule has 0 aromatic heterocycles. The maximum Gasteiger partial charge on any atom is 0.115 e. The van der Waals surface area contributed by atoms with Crippen molar-refractivity contribution in [1.29, 1.82) is 0 Å². The molecule has 2 heterocycles. The van der Waals surface area contributed by atoms with E-state index in [1.807, 2.05) is 12.1 Å². The number of phenols is 1. The lowest BCUT2D eigenvalue weighted by Gasteiger charge is -2.46. The lowest BCUT2D eigenvalue weighted by molar-refractivity contribution is 0.153. The predicted molar refractivity (Wildman–Crippen MR) is 62.1 cm³/mol. The highest BCUT2D eigenvalue weighted by atomic mass is 16.5. The molecule has 2 bridgehead atoms. The van der Waals surface area contributed by atoms with Crippen molar-refractivity contribution >= 4 is 0 Å². The molecule has 1 aromatic rings. The number of phenolic OH excluding ortho intramolecular Hbond substituents is 1. The number of aromatic hydroxyl groups is 1. The van der Waals surface area contributed by atoms with E-state index in [2.05, 4.69) is 0 Å². The zero-order valence-electron chi connectivity index (χ0n) is 9.22. The average Bonchev–Trinajstić information content (AvgIpc) is 2.21. The molecule has 4 rings (SSSR count). The van der Waals surface area contributed by atoms with Crippen LogP contribution in [-0.2, 0) is 12.8 Å². The summed E-state index contributed by atoms with van der Waals surface area (Å²) in [6.45, 7) is 0.666. The Kier molecular flexibility index (Phi) is 2.37. The highest BCUT2D eigenvalue weighted by molar-refractivity contribution is 5.36. The van der Waals surface area contributed by atoms with E-state index < -0.39 is 0 Å². The zero-order valence-corrected chi connectivity index (χ0v) is 9.22. The third-order valence-electron chi connectivity index (χ3n) is 3.91. The molecular weight excluding hydrogens is 202 g/mol. The van der Waals surface area contributed by atoms with Crippen molar-refractivity contribution in [3.05, 3.63) is 34.5 Å². The van der Waals surface area contributed by atoms with Gasteiger partial charge in [0.1, 0.15) is 5.75 Å². The molecule has 3 aliphatic rings. The first-order valence-corrected chi connectivity index (χ1v) is 5.97. The highest BCUT2D eigenvalue weighted by Crippen LogP contribution is 2.32. The van der Waals surface area contributed by atoms with E-state index in [9.17, 15) is 10.3 Å². The second-order valence-electron chi connectivity index (χ2n) is 5.06. The lowest BCUT2D eigenvalue weighted by atomic mass is 9.81. The van der Waals surface area contributed by atoms with Crippen molar-refractivity contribution in [2.75, 3.05) is 6.54 Å². The standard InChI is InChI=1S/C13H16NO2/c15-13-4-2-10-6-12-3-1-9(8-14(12)16)5-11(10)7-13/h2,4,7,9,12,15H,1,3,5-6,8H2/q-1. The molecule has 1 N–H and O–H groups in total. The highest BCUT2D eigenvalue weighted by Gasteiger charge is 2.27. The van der Waals surface area contributed by atoms with Crippen molar-refractivity contribution in [2.24, 2.45) is 5.92 Å². The van der Waals surface area contributed by atoms with Crippen LogP contribution in [0.1, 0.15) is 24.0 Å². The first-order chi connectivity index (χ1) is 7.72. The predicted octanol–water partition coefficient (Wildman–Crippen LogP) is 2.07. The molecule has 2 unspecified atom stereocenters. The third kappa shape index (κ3) is 1.70. The molecule has 86 valence electrons. The summed E-state index contributed by atoms with van der Waals surface area (Å²) in [6.07, 6.45) is 3.95. The lowest BCUT2D eigenvalue weighted by Crippen LogP contribution is -2.43. The quantitative estimate of drug-likeness (QED) is 0.725. The fourth-order valence-corrected chi connectivity index (χ4v) is 3.00. The Labute approximate surface area is 95.3 Å². The number of nitrogens with zero attached hydrogens (tertiary/aromatic N) is 1. The van der Waals surface area contributed by atoms with E-state index in [0.717, 1.165) is 25.7 Å². The van der Waals surface area contributed by atoms with E-state index in [1.165, 1.54) is 16.2 Å². The van der Waals surface area contributed by atoms with E-state index in [1.54, 1.807) is 6.07 Å². The average molecular weight is 218 g/mol. The monoisotopic (exact) mass is 218 g/mol. The molecule has 2 atom stereocenters. The number of fused-ring (bicyclic) bond motifs is 2. The summed E-state index contributed by atoms with van der Waals surface area (Å²) in [5.74, 6) is 0.809. The van der Waals surface area contributed by atoms with Gasteiger partial charge in [-0.3, -0.25) is 0 Å². The van der Waals surface area contributed by atoms with Crippen LogP contribution in [-0.4, -0.2) is 22.8 Å². The molecule has 0 amide bonds. The summed E-state index contributed by atoms with van der Waals surface area (Å²) in [4.78, 5) is 0. The Balaban J connectivity index is 1.99. The van der Waals surface area contributed by atoms with Crippen LogP contribution in [0.4, 0.5) is 0 Å². The molecule has 3 nitrogen and oxygen atoms in total. The van der Waals surface area contributed by atoms with Gasteiger partial charge in [-0.25, -0.2) is 0 Å². The smallest absolute Gasteiger partial charge is 0.115 e. The van der Waals surface area contributed by atoms with Gasteiger partial charge >= 0.3 is 0 Å². The number of benzene rings is 1. The third-order valence-corrected chi connectivity index (χ3v) is 3.91. The molecule has 1 aliphatic carbocycles. The molecule has 16 heavy (non-hydrogen) atoms. The number of rotatable bonds is 0. The largest absolute Gasteiger partial charge is 0.785 e. The summed E-state index contributed by atoms with van der Waals surface area (Å²) in [5.41, 5.74) is 2.48. The minimum atomic E-state index is 0.153. The van der Waals surface area contributed by atoms with Gasteiger partial charge in [-0.15, -0.1) is 0 Å². The molecule has 0 spiro atoms. The van der Waals surface area contributed by atoms with Crippen LogP contribution in [0.15, 0.2) is 18.2 Å². The molecule has 2 aliphatic heterocycles. The van der Waals surface area contributed by atoms with Crippen LogP contribution in [0.5, 0.6) is 5.75 Å². The minimum absolute atomic E-state index is 0.153. The van der Waals surface area contributed by atoms with Gasteiger partial charge in [-0.2, -0.15) is 0 Å². The normalized spacial score (nSPS) is 29.6. The Hall–Kier alpha value is -1.06. The molecule has 0 radical (unpaired) electrons. The fourth-order valence-electron chi connectivity index (χ4n) is 3.00. The second kappa shape index (κ2) is 3.75. The maximum atomic E-state index is 11.8. The molecule has 1 aromatic carbocycles. The number of hydrogen-bond acceptors (Lipinski definition) is 3. The maximum absolute atomic E-state index is 11.8. The fraction of sp³-hybridized carbons (Fsp3) is 0.538. The number of piperidine rings is 1. The minimum Gasteiger partial charge on any atom is -0.785 e. The van der Waals surface area contributed by atoms with Crippen LogP contribution >= 0.6 is 0 Å². The van der Waals surface area contributed by atoms with Gasteiger partial charge in [0.05, 0.1) is 0 Å². The SMILES string of the molecule is [O-]N1CC2CCC1Cc1ccc(O)cc1C2. The topological polar surface area (TPSA) is 46.5 Å². The van der Waals surface area contributed by atoms with Crippen molar-refractivity contribution in [3.8, 4) is 5.75 Å². The summed E-state index contributed by atoms with van der Waals surface area (Å²) in [6, 6.07) is 5.72. The molecule has 3 heteroatoms. The summed E-state index contributed by atoms with van der Waals surface area (Å²) < 4.78 is 0. The van der Waals surface area contributed by atoms with Crippen molar-refractivity contribution in [3.63, 3.8) is 0 Å². The first-order valence-electron chi connectivity index (χ1n) is 5.97. The Morgan fingerprint density at radius 1 is 1.19 bits per heavy atom. The number of hydroxylamine groups is 2. The Morgan fingerprint density at radius 2 is 2.06 bits per heavy atom. The van der Waals surface area contributed by atoms with Gasteiger partial charge in [0.2, 0.25) is 0 Å². The summed E-state index contributed by atoms with van der Waals surface area (Å²) >= 11 is 0. The summed E-state index contributed by atoms with van der Waals surface area (Å²) in [5, 5.41) is 22.5. The van der Waals surface area contributed by atoms with E-state index in [-0.39, 0.29) is 6.04 Å². The summed E-state index contributed by atoms with van der Waals surface area (Å²) in [7, 11) is 0. The van der Waals surface area contributed by atoms with Gasteiger partial charge in [0.15, 0.2) is 0 Å². The van der Waals surface area contributed by atoms with Crippen LogP contribution in [0.2, 0.25) is 0 Å². The van der Waals surface area contributed by atoms with Gasteiger partial charge in [-0.1, -0.05) is 6.07 Å².